The molecule has 0 bridgehead atoms. The largest absolute Gasteiger partial charge is 0.113 e. The molecule has 39 heavy (non-hydrogen) atoms. The molecule has 8 aromatic rings. The molecule has 0 nitrogen and oxygen atoms in total. The fourth-order valence-corrected chi connectivity index (χ4v) is 8.00. The molecule has 0 saturated heterocycles. The van der Waals surface area contributed by atoms with Crippen LogP contribution in [0.1, 0.15) is 35.1 Å². The van der Waals surface area contributed by atoms with Gasteiger partial charge in [0.15, 0.2) is 0 Å². The zero-order chi connectivity index (χ0) is 25.2. The summed E-state index contributed by atoms with van der Waals surface area (Å²) in [6.45, 7) is 0. The van der Waals surface area contributed by atoms with E-state index >= 15 is 0 Å². The third kappa shape index (κ3) is 2.55. The fourth-order valence-electron chi connectivity index (χ4n) is 8.00. The molecule has 0 heteroatoms. The molecule has 0 saturated carbocycles. The van der Waals surface area contributed by atoms with Gasteiger partial charge in [0.1, 0.15) is 0 Å². The smallest absolute Gasteiger partial charge is 0.00248 e. The Morgan fingerprint density at radius 1 is 0.359 bits per heavy atom. The van der Waals surface area contributed by atoms with Crippen molar-refractivity contribution in [2.24, 2.45) is 0 Å². The summed E-state index contributed by atoms with van der Waals surface area (Å²) in [6, 6.07) is 36.9. The van der Waals surface area contributed by atoms with E-state index in [1.807, 2.05) is 0 Å². The van der Waals surface area contributed by atoms with Crippen molar-refractivity contribution in [3.05, 3.63) is 125 Å². The van der Waals surface area contributed by atoms with E-state index < -0.39 is 0 Å². The Labute approximate surface area is 226 Å². The van der Waals surface area contributed by atoms with E-state index in [0.717, 1.165) is 25.7 Å². The summed E-state index contributed by atoms with van der Waals surface area (Å²) in [7, 11) is 0. The van der Waals surface area contributed by atoms with Crippen LogP contribution in [0.4, 0.5) is 0 Å². The van der Waals surface area contributed by atoms with Gasteiger partial charge in [0.25, 0.3) is 0 Å². The van der Waals surface area contributed by atoms with Crippen molar-refractivity contribution in [1.82, 2.24) is 0 Å². The number of benzene rings is 8. The van der Waals surface area contributed by atoms with Crippen LogP contribution < -0.4 is 0 Å². The zero-order valence-corrected chi connectivity index (χ0v) is 21.6. The van der Waals surface area contributed by atoms with Crippen molar-refractivity contribution in [2.75, 3.05) is 0 Å². The number of hydrogen-bond donors (Lipinski definition) is 0. The first kappa shape index (κ1) is 20.3. The molecule has 8 aromatic carbocycles. The van der Waals surface area contributed by atoms with Crippen LogP contribution in [-0.2, 0) is 12.8 Å². The first-order chi connectivity index (χ1) is 19.3. The van der Waals surface area contributed by atoms with Crippen molar-refractivity contribution in [2.45, 2.75) is 25.7 Å². The highest BCUT2D eigenvalue weighted by molar-refractivity contribution is 6.27. The Bertz CT molecular complexity index is 2240. The van der Waals surface area contributed by atoms with Crippen LogP contribution in [-0.4, -0.2) is 0 Å². The lowest BCUT2D eigenvalue weighted by atomic mass is 9.79. The summed E-state index contributed by atoms with van der Waals surface area (Å²) < 4.78 is 0. The number of rotatable bonds is 0. The normalized spacial score (nSPS) is 15.1. The highest BCUT2D eigenvalue weighted by Crippen LogP contribution is 2.46. The molecule has 0 atom stereocenters. The van der Waals surface area contributed by atoms with Crippen molar-refractivity contribution < 1.29 is 0 Å². The highest BCUT2D eigenvalue weighted by atomic mass is 14.3. The molecule has 2 aliphatic carbocycles. The van der Waals surface area contributed by atoms with Crippen molar-refractivity contribution >= 4 is 75.8 Å². The van der Waals surface area contributed by atoms with Gasteiger partial charge in [0.05, 0.1) is 0 Å². The first-order valence-corrected chi connectivity index (χ1v) is 14.2. The van der Waals surface area contributed by atoms with E-state index in [4.69, 9.17) is 0 Å². The second-order valence-corrected chi connectivity index (χ2v) is 11.6. The van der Waals surface area contributed by atoms with E-state index in [-0.39, 0.29) is 0 Å². The molecule has 2 aliphatic rings. The Hall–Kier alpha value is -4.64. The molecule has 0 spiro atoms. The predicted octanol–water partition coefficient (Wildman–Crippen LogP) is 10.4. The molecular formula is C39H24. The minimum Gasteiger partial charge on any atom is -0.113 e. The summed E-state index contributed by atoms with van der Waals surface area (Å²) >= 11 is 0. The topological polar surface area (TPSA) is 0 Å². The summed E-state index contributed by atoms with van der Waals surface area (Å²) in [5, 5.41) is 16.7. The van der Waals surface area contributed by atoms with E-state index in [1.54, 1.807) is 0 Å². The summed E-state index contributed by atoms with van der Waals surface area (Å²) in [5.41, 5.74) is 12.6. The quantitative estimate of drug-likeness (QED) is 0.146. The van der Waals surface area contributed by atoms with Crippen molar-refractivity contribution in [3.63, 3.8) is 0 Å². The molecule has 0 N–H and O–H groups in total. The fraction of sp³-hybridized carbons (Fsp3) is 0.103. The molecule has 0 unspecified atom stereocenters. The van der Waals surface area contributed by atoms with Gasteiger partial charge in [0.2, 0.25) is 0 Å². The average Bonchev–Trinajstić information content (AvgIpc) is 2.98. The van der Waals surface area contributed by atoms with Gasteiger partial charge in [-0.3, -0.25) is 0 Å². The Kier molecular flexibility index (Phi) is 3.68. The maximum Gasteiger partial charge on any atom is 0.00248 e. The molecule has 0 aliphatic heterocycles. The van der Waals surface area contributed by atoms with Gasteiger partial charge >= 0.3 is 0 Å². The molecular weight excluding hydrogens is 468 g/mol. The van der Waals surface area contributed by atoms with Gasteiger partial charge in [-0.05, 0) is 113 Å². The summed E-state index contributed by atoms with van der Waals surface area (Å²) in [4.78, 5) is 0. The van der Waals surface area contributed by atoms with E-state index in [0.29, 0.717) is 0 Å². The maximum absolute atomic E-state index is 4.06. The molecule has 10 rings (SSSR count). The third-order valence-corrected chi connectivity index (χ3v) is 9.66. The highest BCUT2D eigenvalue weighted by Gasteiger charge is 2.23. The zero-order valence-electron chi connectivity index (χ0n) is 21.6. The van der Waals surface area contributed by atoms with Gasteiger partial charge in [-0.2, -0.15) is 0 Å². The monoisotopic (exact) mass is 492 g/mol. The summed E-state index contributed by atoms with van der Waals surface area (Å²) in [5.74, 6) is 0. The van der Waals surface area contributed by atoms with Crippen molar-refractivity contribution in [3.8, 4) is 0 Å². The maximum atomic E-state index is 4.06. The van der Waals surface area contributed by atoms with Crippen LogP contribution in [0, 0.1) is 0 Å². The lowest BCUT2D eigenvalue weighted by Gasteiger charge is -2.24. The lowest BCUT2D eigenvalue weighted by molar-refractivity contribution is 1.00. The molecule has 0 radical (unpaired) electrons. The SMILES string of the molecule is C(=C1CCc2cc3cccc4ccc5ccc1c2c5c43)=C1CCc2cc3cccc4ccc5ccc1c2c5c43. The van der Waals surface area contributed by atoms with E-state index in [9.17, 15) is 0 Å². The third-order valence-electron chi connectivity index (χ3n) is 9.66. The van der Waals surface area contributed by atoms with E-state index in [1.165, 1.54) is 98.0 Å². The van der Waals surface area contributed by atoms with Gasteiger partial charge in [0, 0.05) is 11.1 Å². The van der Waals surface area contributed by atoms with Crippen LogP contribution in [0.2, 0.25) is 0 Å². The van der Waals surface area contributed by atoms with Gasteiger partial charge in [-0.15, -0.1) is 5.73 Å². The predicted molar refractivity (Wildman–Crippen MR) is 167 cm³/mol. The molecule has 180 valence electrons. The minimum atomic E-state index is 1.05. The molecule has 0 fully saturated rings. The second-order valence-electron chi connectivity index (χ2n) is 11.6. The first-order valence-electron chi connectivity index (χ1n) is 14.2. The van der Waals surface area contributed by atoms with Crippen LogP contribution in [0.15, 0.2) is 103 Å². The van der Waals surface area contributed by atoms with Gasteiger partial charge < -0.3 is 0 Å². The lowest BCUT2D eigenvalue weighted by Crippen LogP contribution is -2.04. The van der Waals surface area contributed by atoms with Crippen LogP contribution in [0.25, 0.3) is 75.8 Å². The number of allylic oxidation sites excluding steroid dienone is 1. The number of aryl methyl sites for hydroxylation is 2. The second kappa shape index (κ2) is 7.06. The van der Waals surface area contributed by atoms with Gasteiger partial charge in [-0.1, -0.05) is 97.1 Å². The van der Waals surface area contributed by atoms with Crippen molar-refractivity contribution in [1.29, 1.82) is 0 Å². The Balaban J connectivity index is 1.30. The Morgan fingerprint density at radius 3 is 1.26 bits per heavy atom. The van der Waals surface area contributed by atoms with Gasteiger partial charge in [-0.25, -0.2) is 0 Å². The Morgan fingerprint density at radius 2 is 0.769 bits per heavy atom. The van der Waals surface area contributed by atoms with Crippen LogP contribution >= 0.6 is 0 Å². The molecule has 0 heterocycles. The van der Waals surface area contributed by atoms with Crippen LogP contribution in [0.3, 0.4) is 0 Å². The number of hydrogen-bond acceptors (Lipinski definition) is 0. The molecule has 0 aromatic heterocycles. The molecule has 0 amide bonds. The van der Waals surface area contributed by atoms with E-state index in [2.05, 4.69) is 103 Å². The average molecular weight is 493 g/mol. The minimum absolute atomic E-state index is 1.05. The summed E-state index contributed by atoms with van der Waals surface area (Å²) in [6.07, 6.45) is 4.25. The standard InChI is InChI=1S/C39H24/c1-3-22-7-9-24-15-17-32-26(11-13-30-20-28(5-1)34(22)38(24)36(30)32)19-27-12-14-31-21-29-6-2-4-23-8-10-25-16-18-33(27)37(31)39(25)35(23)29/h1-10,15-18,20-21H,11-14H2. The van der Waals surface area contributed by atoms with Crippen LogP contribution in [0.5, 0.6) is 0 Å².